The van der Waals surface area contributed by atoms with Crippen LogP contribution in [-0.4, -0.2) is 17.8 Å². The van der Waals surface area contributed by atoms with Gasteiger partial charge in [0.15, 0.2) is 11.6 Å². The molecule has 1 aromatic heterocycles. The number of hydrogen-bond donors (Lipinski definition) is 0. The molecule has 1 aliphatic carbocycles. The normalized spacial score (nSPS) is 12.0. The van der Waals surface area contributed by atoms with E-state index >= 15 is 0 Å². The van der Waals surface area contributed by atoms with Gasteiger partial charge in [-0.05, 0) is 17.4 Å². The SMILES string of the molecule is CSc1sc2c(c1C(=O)c1ccc(-c3ccccc3)cc1)C(=O)c1ccccc1-2. The molecular weight excluding hydrogens is 396 g/mol. The van der Waals surface area contributed by atoms with Crippen LogP contribution in [-0.2, 0) is 0 Å². The van der Waals surface area contributed by atoms with Crippen LogP contribution >= 0.6 is 23.1 Å². The van der Waals surface area contributed by atoms with Crippen molar-refractivity contribution in [3.63, 3.8) is 0 Å². The van der Waals surface area contributed by atoms with Crippen LogP contribution in [0.2, 0.25) is 0 Å². The lowest BCUT2D eigenvalue weighted by Gasteiger charge is -2.06. The largest absolute Gasteiger partial charge is 0.289 e. The third-order valence-electron chi connectivity index (χ3n) is 5.19. The first kappa shape index (κ1) is 18.1. The lowest BCUT2D eigenvalue weighted by atomic mass is 9.97. The number of carbonyl (C=O) groups excluding carboxylic acids is 2. The fourth-order valence-electron chi connectivity index (χ4n) is 3.77. The molecule has 1 aliphatic rings. The minimum Gasteiger partial charge on any atom is -0.289 e. The van der Waals surface area contributed by atoms with Crippen molar-refractivity contribution >= 4 is 34.7 Å². The van der Waals surface area contributed by atoms with E-state index in [-0.39, 0.29) is 11.6 Å². The summed E-state index contributed by atoms with van der Waals surface area (Å²) in [5.74, 6) is -0.135. The number of rotatable bonds is 4. The van der Waals surface area contributed by atoms with E-state index in [1.54, 1.807) is 0 Å². The average Bonchev–Trinajstić information content (AvgIpc) is 3.30. The van der Waals surface area contributed by atoms with Gasteiger partial charge in [-0.15, -0.1) is 23.1 Å². The zero-order valence-corrected chi connectivity index (χ0v) is 17.3. The van der Waals surface area contributed by atoms with Gasteiger partial charge in [0, 0.05) is 21.6 Å². The van der Waals surface area contributed by atoms with Crippen LogP contribution in [0.4, 0.5) is 0 Å². The van der Waals surface area contributed by atoms with Crippen LogP contribution in [0, 0.1) is 0 Å². The molecule has 2 nitrogen and oxygen atoms in total. The Labute approximate surface area is 177 Å². The second kappa shape index (κ2) is 7.14. The average molecular weight is 413 g/mol. The van der Waals surface area contributed by atoms with E-state index in [1.165, 1.54) is 23.1 Å². The maximum Gasteiger partial charge on any atom is 0.195 e. The number of thiophene rings is 1. The Balaban J connectivity index is 1.58. The van der Waals surface area contributed by atoms with Gasteiger partial charge in [-0.2, -0.15) is 0 Å². The Bertz CT molecular complexity index is 1250. The summed E-state index contributed by atoms with van der Waals surface area (Å²) in [6.07, 6.45) is 1.95. The first-order chi connectivity index (χ1) is 14.2. The maximum absolute atomic E-state index is 13.4. The van der Waals surface area contributed by atoms with Gasteiger partial charge < -0.3 is 0 Å². The summed E-state index contributed by atoms with van der Waals surface area (Å²) < 4.78 is 0.898. The molecule has 4 heteroatoms. The number of benzene rings is 3. The number of fused-ring (bicyclic) bond motifs is 3. The van der Waals surface area contributed by atoms with Crippen molar-refractivity contribution in [1.29, 1.82) is 0 Å². The van der Waals surface area contributed by atoms with Crippen LogP contribution < -0.4 is 0 Å². The molecule has 0 atom stereocenters. The van der Waals surface area contributed by atoms with Crippen molar-refractivity contribution in [3.8, 4) is 21.6 Å². The highest BCUT2D eigenvalue weighted by molar-refractivity contribution is 8.00. The Morgan fingerprint density at radius 3 is 2.10 bits per heavy atom. The molecule has 0 unspecified atom stereocenters. The predicted octanol–water partition coefficient (Wildman–Crippen LogP) is 6.58. The van der Waals surface area contributed by atoms with Crippen LogP contribution in [0.5, 0.6) is 0 Å². The minimum atomic E-state index is -0.0902. The topological polar surface area (TPSA) is 34.1 Å². The van der Waals surface area contributed by atoms with Crippen LogP contribution in [0.25, 0.3) is 21.6 Å². The molecular formula is C25H16O2S2. The smallest absolute Gasteiger partial charge is 0.195 e. The Morgan fingerprint density at radius 2 is 1.41 bits per heavy atom. The van der Waals surface area contributed by atoms with Gasteiger partial charge in [0.1, 0.15) is 0 Å². The van der Waals surface area contributed by atoms with Crippen LogP contribution in [0.1, 0.15) is 31.8 Å². The third-order valence-corrected chi connectivity index (χ3v) is 7.53. The first-order valence-electron chi connectivity index (χ1n) is 9.24. The van der Waals surface area contributed by atoms with Crippen LogP contribution in [0.3, 0.4) is 0 Å². The summed E-state index contributed by atoms with van der Waals surface area (Å²) in [5.41, 5.74) is 5.51. The molecule has 1 heterocycles. The Hall–Kier alpha value is -2.95. The summed E-state index contributed by atoms with van der Waals surface area (Å²) in [6.45, 7) is 0. The van der Waals surface area contributed by atoms with E-state index in [9.17, 15) is 9.59 Å². The molecule has 0 spiro atoms. The Kier molecular flexibility index (Phi) is 4.46. The summed E-state index contributed by atoms with van der Waals surface area (Å²) in [6, 6.07) is 25.3. The van der Waals surface area contributed by atoms with Gasteiger partial charge in [-0.1, -0.05) is 78.9 Å². The van der Waals surface area contributed by atoms with Crippen molar-refractivity contribution in [2.45, 2.75) is 4.21 Å². The van der Waals surface area contributed by atoms with Gasteiger partial charge in [0.05, 0.1) is 15.3 Å². The van der Waals surface area contributed by atoms with Crippen molar-refractivity contribution in [2.75, 3.05) is 6.26 Å². The first-order valence-corrected chi connectivity index (χ1v) is 11.3. The minimum absolute atomic E-state index is 0.0450. The summed E-state index contributed by atoms with van der Waals surface area (Å²) in [4.78, 5) is 27.4. The fourth-order valence-corrected chi connectivity index (χ4v) is 5.82. The standard InChI is InChI=1S/C25H16O2S2/c1-28-25-21(20-23(27)18-9-5-6-10-19(18)24(20)29-25)22(26)17-13-11-16(12-14-17)15-7-3-2-4-8-15/h2-14H,1H3. The van der Waals surface area contributed by atoms with Gasteiger partial charge in [-0.3, -0.25) is 9.59 Å². The lowest BCUT2D eigenvalue weighted by Crippen LogP contribution is -2.07. The molecule has 0 fully saturated rings. The summed E-state index contributed by atoms with van der Waals surface area (Å²) >= 11 is 3.06. The molecule has 0 N–H and O–H groups in total. The monoisotopic (exact) mass is 412 g/mol. The molecule has 0 amide bonds. The zero-order chi connectivity index (χ0) is 20.0. The number of hydrogen-bond acceptors (Lipinski definition) is 4. The van der Waals surface area contributed by atoms with E-state index in [0.717, 1.165) is 25.8 Å². The van der Waals surface area contributed by atoms with Crippen molar-refractivity contribution < 1.29 is 9.59 Å². The highest BCUT2D eigenvalue weighted by Crippen LogP contribution is 2.48. The second-order valence-corrected chi connectivity index (χ2v) is 8.92. The number of ketones is 2. The lowest BCUT2D eigenvalue weighted by molar-refractivity contribution is 0.100. The van der Waals surface area contributed by atoms with Crippen molar-refractivity contribution in [2.24, 2.45) is 0 Å². The second-order valence-electron chi connectivity index (χ2n) is 6.82. The highest BCUT2D eigenvalue weighted by atomic mass is 32.2. The fraction of sp³-hybridized carbons (Fsp3) is 0.0400. The van der Waals surface area contributed by atoms with E-state index in [0.29, 0.717) is 22.3 Å². The van der Waals surface area contributed by atoms with E-state index in [4.69, 9.17) is 0 Å². The molecule has 0 bridgehead atoms. The highest BCUT2D eigenvalue weighted by Gasteiger charge is 2.35. The quantitative estimate of drug-likeness (QED) is 0.247. The van der Waals surface area contributed by atoms with Gasteiger partial charge >= 0.3 is 0 Å². The van der Waals surface area contributed by atoms with Gasteiger partial charge in [-0.25, -0.2) is 0 Å². The van der Waals surface area contributed by atoms with E-state index in [2.05, 4.69) is 0 Å². The number of carbonyl (C=O) groups is 2. The molecule has 0 saturated carbocycles. The summed E-state index contributed by atoms with van der Waals surface area (Å²) in [7, 11) is 0. The molecule has 140 valence electrons. The zero-order valence-electron chi connectivity index (χ0n) is 15.6. The van der Waals surface area contributed by atoms with E-state index in [1.807, 2.05) is 85.1 Å². The molecule has 0 radical (unpaired) electrons. The molecule has 4 aromatic rings. The molecule has 0 saturated heterocycles. The molecule has 0 aliphatic heterocycles. The maximum atomic E-state index is 13.4. The van der Waals surface area contributed by atoms with Gasteiger partial charge in [0.2, 0.25) is 0 Å². The van der Waals surface area contributed by atoms with Crippen molar-refractivity contribution in [3.05, 3.63) is 101 Å². The molecule has 29 heavy (non-hydrogen) atoms. The number of thioether (sulfide) groups is 1. The van der Waals surface area contributed by atoms with Gasteiger partial charge in [0.25, 0.3) is 0 Å². The van der Waals surface area contributed by atoms with Crippen LogP contribution in [0.15, 0.2) is 83.1 Å². The predicted molar refractivity (Wildman–Crippen MR) is 120 cm³/mol. The van der Waals surface area contributed by atoms with Crippen molar-refractivity contribution in [1.82, 2.24) is 0 Å². The van der Waals surface area contributed by atoms with E-state index < -0.39 is 0 Å². The molecule has 3 aromatic carbocycles. The summed E-state index contributed by atoms with van der Waals surface area (Å²) in [5, 5.41) is 0. The Morgan fingerprint density at radius 1 is 0.793 bits per heavy atom. The third kappa shape index (κ3) is 2.87. The molecule has 5 rings (SSSR count).